The van der Waals surface area contributed by atoms with Gasteiger partial charge < -0.3 is 9.80 Å². The van der Waals surface area contributed by atoms with Gasteiger partial charge in [0.05, 0.1) is 0 Å². The van der Waals surface area contributed by atoms with Gasteiger partial charge in [0.25, 0.3) is 0 Å². The molecule has 0 radical (unpaired) electrons. The summed E-state index contributed by atoms with van der Waals surface area (Å²) < 4.78 is 4.18. The van der Waals surface area contributed by atoms with Gasteiger partial charge in [0.2, 0.25) is 11.0 Å². The number of hydrogen-bond donors (Lipinski definition) is 0. The number of aromatic nitrogens is 2. The summed E-state index contributed by atoms with van der Waals surface area (Å²) in [5, 5.41) is 0.954. The molecule has 6 heteroatoms. The minimum Gasteiger partial charge on any atom is -0.345 e. The van der Waals surface area contributed by atoms with Crippen molar-refractivity contribution in [1.82, 2.24) is 14.3 Å². The Labute approximate surface area is 105 Å². The molecule has 0 spiro atoms. The summed E-state index contributed by atoms with van der Waals surface area (Å²) >= 11 is 1.42. The van der Waals surface area contributed by atoms with E-state index in [1.165, 1.54) is 17.6 Å². The molecule has 0 saturated carbocycles. The van der Waals surface area contributed by atoms with Gasteiger partial charge in [-0.25, -0.2) is 4.98 Å². The molecule has 0 bridgehead atoms. The van der Waals surface area contributed by atoms with E-state index in [4.69, 9.17) is 0 Å². The Morgan fingerprint density at radius 3 is 2.88 bits per heavy atom. The van der Waals surface area contributed by atoms with Crippen LogP contribution in [0.3, 0.4) is 0 Å². The lowest BCUT2D eigenvalue weighted by atomic mass is 10.4. The molecule has 2 rings (SSSR count). The summed E-state index contributed by atoms with van der Waals surface area (Å²) in [7, 11) is 0. The van der Waals surface area contributed by atoms with Crippen LogP contribution in [0.5, 0.6) is 0 Å². The van der Waals surface area contributed by atoms with Crippen LogP contribution in [0.1, 0.15) is 12.2 Å². The van der Waals surface area contributed by atoms with Crippen molar-refractivity contribution in [2.45, 2.75) is 13.3 Å². The van der Waals surface area contributed by atoms with Crippen molar-refractivity contribution in [1.29, 1.82) is 0 Å². The van der Waals surface area contributed by atoms with Crippen molar-refractivity contribution >= 4 is 22.6 Å². The molecule has 1 aromatic rings. The highest BCUT2D eigenvalue weighted by Crippen LogP contribution is 2.18. The molecule has 17 heavy (non-hydrogen) atoms. The van der Waals surface area contributed by atoms with Crippen LogP contribution in [0, 0.1) is 6.92 Å². The third-order valence-corrected chi connectivity index (χ3v) is 3.64. The summed E-state index contributed by atoms with van der Waals surface area (Å²) in [6, 6.07) is 0. The van der Waals surface area contributed by atoms with E-state index in [9.17, 15) is 4.79 Å². The van der Waals surface area contributed by atoms with E-state index in [1.54, 1.807) is 0 Å². The van der Waals surface area contributed by atoms with Crippen molar-refractivity contribution in [2.75, 3.05) is 31.1 Å². The molecule has 2 heterocycles. The van der Waals surface area contributed by atoms with Crippen LogP contribution in [-0.4, -0.2) is 46.3 Å². The number of anilines is 1. The third-order valence-electron chi connectivity index (χ3n) is 2.77. The fourth-order valence-corrected chi connectivity index (χ4v) is 2.60. The van der Waals surface area contributed by atoms with Gasteiger partial charge in [0, 0.05) is 37.7 Å². The smallest absolute Gasteiger partial charge is 0.246 e. The topological polar surface area (TPSA) is 49.3 Å². The third kappa shape index (κ3) is 2.82. The van der Waals surface area contributed by atoms with Crippen molar-refractivity contribution in [3.8, 4) is 0 Å². The van der Waals surface area contributed by atoms with Crippen LogP contribution in [0.25, 0.3) is 0 Å². The second kappa shape index (κ2) is 5.27. The van der Waals surface area contributed by atoms with E-state index < -0.39 is 0 Å². The molecule has 1 aromatic heterocycles. The largest absolute Gasteiger partial charge is 0.345 e. The molecule has 1 saturated heterocycles. The summed E-state index contributed by atoms with van der Waals surface area (Å²) in [4.78, 5) is 19.9. The molecule has 1 aliphatic rings. The van der Waals surface area contributed by atoms with E-state index in [-0.39, 0.29) is 5.91 Å². The number of rotatable bonds is 2. The van der Waals surface area contributed by atoms with E-state index in [0.29, 0.717) is 0 Å². The number of carbonyl (C=O) groups excluding carboxylic acids is 1. The maximum Gasteiger partial charge on any atom is 0.246 e. The van der Waals surface area contributed by atoms with E-state index in [2.05, 4.69) is 20.8 Å². The lowest BCUT2D eigenvalue weighted by molar-refractivity contribution is -0.125. The van der Waals surface area contributed by atoms with Crippen LogP contribution < -0.4 is 4.90 Å². The van der Waals surface area contributed by atoms with Gasteiger partial charge in [-0.05, 0) is 19.4 Å². The summed E-state index contributed by atoms with van der Waals surface area (Å²) in [5.74, 6) is 0.827. The van der Waals surface area contributed by atoms with Gasteiger partial charge in [-0.2, -0.15) is 4.37 Å². The predicted octanol–water partition coefficient (Wildman–Crippen LogP) is 1.07. The first-order valence-electron chi connectivity index (χ1n) is 5.67. The summed E-state index contributed by atoms with van der Waals surface area (Å²) in [6.07, 6.45) is 2.34. The SMILES string of the molecule is C=CC(=O)N1CCCN(c2nc(C)ns2)CC1. The zero-order chi connectivity index (χ0) is 12.3. The molecule has 1 fully saturated rings. The average molecular weight is 252 g/mol. The van der Waals surface area contributed by atoms with Gasteiger partial charge in [0.1, 0.15) is 5.82 Å². The maximum absolute atomic E-state index is 11.5. The molecule has 5 nitrogen and oxygen atoms in total. The minimum absolute atomic E-state index is 0.0142. The quantitative estimate of drug-likeness (QED) is 0.739. The van der Waals surface area contributed by atoms with Gasteiger partial charge in [-0.15, -0.1) is 0 Å². The Bertz CT molecular complexity index is 417. The number of aryl methyl sites for hydroxylation is 1. The highest BCUT2D eigenvalue weighted by molar-refractivity contribution is 7.09. The zero-order valence-electron chi connectivity index (χ0n) is 9.93. The molecular weight excluding hydrogens is 236 g/mol. The van der Waals surface area contributed by atoms with Crippen LogP contribution in [0.2, 0.25) is 0 Å². The number of nitrogens with zero attached hydrogens (tertiary/aromatic N) is 4. The van der Waals surface area contributed by atoms with Crippen molar-refractivity contribution in [3.63, 3.8) is 0 Å². The van der Waals surface area contributed by atoms with Crippen LogP contribution in [0.4, 0.5) is 5.13 Å². The van der Waals surface area contributed by atoms with Crippen LogP contribution in [0.15, 0.2) is 12.7 Å². The number of hydrogen-bond acceptors (Lipinski definition) is 5. The Morgan fingerprint density at radius 2 is 2.24 bits per heavy atom. The van der Waals surface area contributed by atoms with Crippen molar-refractivity contribution < 1.29 is 4.79 Å². The predicted molar refractivity (Wildman–Crippen MR) is 68.3 cm³/mol. The average Bonchev–Trinajstić information content (AvgIpc) is 2.63. The van der Waals surface area contributed by atoms with Gasteiger partial charge in [0.15, 0.2) is 0 Å². The number of amides is 1. The molecule has 0 unspecified atom stereocenters. The standard InChI is InChI=1S/C11H16N4OS/c1-3-10(16)14-5-4-6-15(8-7-14)11-12-9(2)13-17-11/h3H,1,4-8H2,2H3. The van der Waals surface area contributed by atoms with E-state index >= 15 is 0 Å². The van der Waals surface area contributed by atoms with Crippen molar-refractivity contribution in [3.05, 3.63) is 18.5 Å². The lowest BCUT2D eigenvalue weighted by Gasteiger charge is -2.20. The molecule has 0 aromatic carbocycles. The zero-order valence-corrected chi connectivity index (χ0v) is 10.7. The molecule has 0 N–H and O–H groups in total. The second-order valence-electron chi connectivity index (χ2n) is 3.99. The highest BCUT2D eigenvalue weighted by atomic mass is 32.1. The molecule has 92 valence electrons. The van der Waals surface area contributed by atoms with E-state index in [0.717, 1.165) is 43.6 Å². The van der Waals surface area contributed by atoms with Gasteiger partial charge >= 0.3 is 0 Å². The number of carbonyl (C=O) groups is 1. The van der Waals surface area contributed by atoms with Gasteiger partial charge in [-0.1, -0.05) is 6.58 Å². The molecule has 1 amide bonds. The first-order chi connectivity index (χ1) is 8.20. The second-order valence-corrected chi connectivity index (χ2v) is 4.72. The van der Waals surface area contributed by atoms with Crippen LogP contribution in [-0.2, 0) is 4.79 Å². The lowest BCUT2D eigenvalue weighted by Crippen LogP contribution is -2.34. The Hall–Kier alpha value is -1.43. The monoisotopic (exact) mass is 252 g/mol. The molecule has 0 atom stereocenters. The maximum atomic E-state index is 11.5. The highest BCUT2D eigenvalue weighted by Gasteiger charge is 2.19. The molecule has 1 aliphatic heterocycles. The summed E-state index contributed by atoms with van der Waals surface area (Å²) in [6.45, 7) is 8.67. The van der Waals surface area contributed by atoms with Crippen molar-refractivity contribution in [2.24, 2.45) is 0 Å². The Morgan fingerprint density at radius 1 is 1.41 bits per heavy atom. The van der Waals surface area contributed by atoms with E-state index in [1.807, 2.05) is 11.8 Å². The van der Waals surface area contributed by atoms with Crippen LogP contribution >= 0.6 is 11.5 Å². The summed E-state index contributed by atoms with van der Waals surface area (Å²) in [5.41, 5.74) is 0. The Balaban J connectivity index is 2.00. The normalized spacial score (nSPS) is 16.8. The fourth-order valence-electron chi connectivity index (χ4n) is 1.87. The fraction of sp³-hybridized carbons (Fsp3) is 0.545. The minimum atomic E-state index is 0.0142. The molecular formula is C11H16N4OS. The first kappa shape index (κ1) is 12.0. The molecule has 0 aliphatic carbocycles. The first-order valence-corrected chi connectivity index (χ1v) is 6.44. The Kier molecular flexibility index (Phi) is 3.73. The van der Waals surface area contributed by atoms with Gasteiger partial charge in [-0.3, -0.25) is 4.79 Å².